The highest BCUT2D eigenvalue weighted by Crippen LogP contribution is 2.30. The molecule has 2 rings (SSSR count). The number of hydrogen-bond acceptors (Lipinski definition) is 1. The van der Waals surface area contributed by atoms with Gasteiger partial charge < -0.3 is 0 Å². The molecule has 1 aliphatic rings. The highest BCUT2D eigenvalue weighted by Gasteiger charge is 2.25. The lowest BCUT2D eigenvalue weighted by Crippen LogP contribution is -2.12. The lowest BCUT2D eigenvalue weighted by Gasteiger charge is -2.12. The molecule has 0 atom stereocenters. The minimum atomic E-state index is 0.249. The van der Waals surface area contributed by atoms with Gasteiger partial charge in [-0.25, -0.2) is 0 Å². The number of aryl methyl sites for hydroxylation is 2. The number of halogens is 1. The van der Waals surface area contributed by atoms with Crippen molar-refractivity contribution in [2.45, 2.75) is 39.5 Å². The van der Waals surface area contributed by atoms with Crippen molar-refractivity contribution in [1.82, 2.24) is 0 Å². The third-order valence-corrected chi connectivity index (χ3v) is 3.90. The second-order valence-corrected chi connectivity index (χ2v) is 5.17. The van der Waals surface area contributed by atoms with Crippen LogP contribution in [0, 0.1) is 19.8 Å². The zero-order chi connectivity index (χ0) is 11.7. The molecule has 0 heterocycles. The molecule has 1 nitrogen and oxygen atoms in total. The van der Waals surface area contributed by atoms with Crippen molar-refractivity contribution >= 4 is 17.4 Å². The van der Waals surface area contributed by atoms with Crippen LogP contribution in [0.5, 0.6) is 0 Å². The van der Waals surface area contributed by atoms with Crippen LogP contribution in [-0.2, 0) is 0 Å². The smallest absolute Gasteiger partial charge is 0.166 e. The Kier molecular flexibility index (Phi) is 3.34. The van der Waals surface area contributed by atoms with Crippen LogP contribution < -0.4 is 0 Å². The summed E-state index contributed by atoms with van der Waals surface area (Å²) in [6.45, 7) is 3.92. The van der Waals surface area contributed by atoms with Crippen LogP contribution in [0.2, 0.25) is 5.02 Å². The number of benzene rings is 1. The van der Waals surface area contributed by atoms with Crippen molar-refractivity contribution in [2.24, 2.45) is 5.92 Å². The molecular weight excluding hydrogens is 220 g/mol. The van der Waals surface area contributed by atoms with E-state index in [2.05, 4.69) is 0 Å². The Morgan fingerprint density at radius 1 is 1.19 bits per heavy atom. The lowest BCUT2D eigenvalue weighted by atomic mass is 9.92. The summed E-state index contributed by atoms with van der Waals surface area (Å²) in [5.41, 5.74) is 2.87. The van der Waals surface area contributed by atoms with Crippen LogP contribution >= 0.6 is 11.6 Å². The molecule has 1 aromatic rings. The Hall–Kier alpha value is -0.820. The van der Waals surface area contributed by atoms with Gasteiger partial charge in [-0.3, -0.25) is 4.79 Å². The van der Waals surface area contributed by atoms with E-state index < -0.39 is 0 Å². The van der Waals surface area contributed by atoms with E-state index in [-0.39, 0.29) is 5.92 Å². The van der Waals surface area contributed by atoms with Crippen LogP contribution in [0.3, 0.4) is 0 Å². The van der Waals surface area contributed by atoms with E-state index in [1.807, 2.05) is 26.0 Å². The van der Waals surface area contributed by atoms with Gasteiger partial charge in [0.15, 0.2) is 5.78 Å². The van der Waals surface area contributed by atoms with Gasteiger partial charge >= 0.3 is 0 Å². The Morgan fingerprint density at radius 2 is 1.81 bits per heavy atom. The van der Waals surface area contributed by atoms with Crippen molar-refractivity contribution in [3.8, 4) is 0 Å². The molecule has 1 aliphatic carbocycles. The Balaban J connectivity index is 2.32. The standard InChI is InChI=1S/C14H17ClO/c1-9-8-13(15)10(2)7-12(9)14(16)11-5-3-4-6-11/h7-8,11H,3-6H2,1-2H3. The Bertz CT molecular complexity index is 417. The molecule has 16 heavy (non-hydrogen) atoms. The number of carbonyl (C=O) groups is 1. The van der Waals surface area contributed by atoms with E-state index in [0.717, 1.165) is 34.6 Å². The van der Waals surface area contributed by atoms with Gasteiger partial charge in [-0.05, 0) is 49.9 Å². The van der Waals surface area contributed by atoms with Gasteiger partial charge in [0, 0.05) is 16.5 Å². The summed E-state index contributed by atoms with van der Waals surface area (Å²) >= 11 is 6.04. The van der Waals surface area contributed by atoms with Crippen molar-refractivity contribution in [2.75, 3.05) is 0 Å². The summed E-state index contributed by atoms with van der Waals surface area (Å²) in [7, 11) is 0. The highest BCUT2D eigenvalue weighted by molar-refractivity contribution is 6.31. The molecule has 1 aromatic carbocycles. The summed E-state index contributed by atoms with van der Waals surface area (Å²) < 4.78 is 0. The summed E-state index contributed by atoms with van der Waals surface area (Å²) in [4.78, 5) is 12.3. The maximum atomic E-state index is 12.3. The molecule has 0 aliphatic heterocycles. The summed E-state index contributed by atoms with van der Waals surface area (Å²) in [6, 6.07) is 3.84. The molecule has 0 unspecified atom stereocenters. The Morgan fingerprint density at radius 3 is 2.44 bits per heavy atom. The Labute approximate surface area is 102 Å². The van der Waals surface area contributed by atoms with E-state index in [9.17, 15) is 4.79 Å². The van der Waals surface area contributed by atoms with Crippen LogP contribution in [0.15, 0.2) is 12.1 Å². The number of hydrogen-bond donors (Lipinski definition) is 0. The molecular formula is C14H17ClO. The molecule has 0 bridgehead atoms. The molecule has 0 spiro atoms. The van der Waals surface area contributed by atoms with Gasteiger partial charge in [-0.15, -0.1) is 0 Å². The molecule has 0 aromatic heterocycles. The van der Waals surface area contributed by atoms with Crippen LogP contribution in [0.1, 0.15) is 47.2 Å². The van der Waals surface area contributed by atoms with E-state index in [1.54, 1.807) is 0 Å². The summed E-state index contributed by atoms with van der Waals surface area (Å²) in [6.07, 6.45) is 4.50. The molecule has 0 saturated heterocycles. The molecule has 1 saturated carbocycles. The zero-order valence-electron chi connectivity index (χ0n) is 9.85. The van der Waals surface area contributed by atoms with E-state index >= 15 is 0 Å². The van der Waals surface area contributed by atoms with Crippen LogP contribution in [-0.4, -0.2) is 5.78 Å². The van der Waals surface area contributed by atoms with E-state index in [0.29, 0.717) is 5.78 Å². The van der Waals surface area contributed by atoms with Crippen LogP contribution in [0.25, 0.3) is 0 Å². The van der Waals surface area contributed by atoms with E-state index in [1.165, 1.54) is 12.8 Å². The second-order valence-electron chi connectivity index (χ2n) is 4.76. The number of Topliss-reactive ketones (excluding diaryl/α,β-unsaturated/α-hetero) is 1. The van der Waals surface area contributed by atoms with Gasteiger partial charge in [0.2, 0.25) is 0 Å². The normalized spacial score (nSPS) is 16.7. The molecule has 0 N–H and O–H groups in total. The topological polar surface area (TPSA) is 17.1 Å². The monoisotopic (exact) mass is 236 g/mol. The van der Waals surface area contributed by atoms with Crippen LogP contribution in [0.4, 0.5) is 0 Å². The van der Waals surface area contributed by atoms with Gasteiger partial charge in [0.05, 0.1) is 0 Å². The lowest BCUT2D eigenvalue weighted by molar-refractivity contribution is 0.0922. The third kappa shape index (κ3) is 2.15. The number of rotatable bonds is 2. The quantitative estimate of drug-likeness (QED) is 0.699. The zero-order valence-corrected chi connectivity index (χ0v) is 10.6. The maximum Gasteiger partial charge on any atom is 0.166 e. The average Bonchev–Trinajstić information content (AvgIpc) is 2.75. The first-order valence-corrected chi connectivity index (χ1v) is 6.28. The second kappa shape index (κ2) is 4.58. The van der Waals surface area contributed by atoms with Crippen molar-refractivity contribution in [1.29, 1.82) is 0 Å². The third-order valence-electron chi connectivity index (χ3n) is 3.50. The van der Waals surface area contributed by atoms with Gasteiger partial charge in [-0.2, -0.15) is 0 Å². The van der Waals surface area contributed by atoms with E-state index in [4.69, 9.17) is 11.6 Å². The first kappa shape index (κ1) is 11.7. The maximum absolute atomic E-state index is 12.3. The highest BCUT2D eigenvalue weighted by atomic mass is 35.5. The average molecular weight is 237 g/mol. The predicted octanol–water partition coefficient (Wildman–Crippen LogP) is 4.33. The fraction of sp³-hybridized carbons (Fsp3) is 0.500. The fourth-order valence-corrected chi connectivity index (χ4v) is 2.67. The first-order chi connectivity index (χ1) is 7.59. The molecule has 0 amide bonds. The molecule has 2 heteroatoms. The van der Waals surface area contributed by atoms with Gasteiger partial charge in [0.25, 0.3) is 0 Å². The van der Waals surface area contributed by atoms with Crippen molar-refractivity contribution < 1.29 is 4.79 Å². The number of carbonyl (C=O) groups excluding carboxylic acids is 1. The number of ketones is 1. The molecule has 0 radical (unpaired) electrons. The first-order valence-electron chi connectivity index (χ1n) is 5.90. The summed E-state index contributed by atoms with van der Waals surface area (Å²) in [5.74, 6) is 0.564. The minimum absolute atomic E-state index is 0.249. The SMILES string of the molecule is Cc1cc(C(=O)C2CCCC2)c(C)cc1Cl. The summed E-state index contributed by atoms with van der Waals surface area (Å²) in [5, 5.41) is 0.750. The largest absolute Gasteiger partial charge is 0.294 e. The molecule has 86 valence electrons. The molecule has 1 fully saturated rings. The predicted molar refractivity (Wildman–Crippen MR) is 67.2 cm³/mol. The van der Waals surface area contributed by atoms with Crippen molar-refractivity contribution in [3.63, 3.8) is 0 Å². The fourth-order valence-electron chi connectivity index (χ4n) is 2.45. The van der Waals surface area contributed by atoms with Gasteiger partial charge in [0.1, 0.15) is 0 Å². The van der Waals surface area contributed by atoms with Crippen molar-refractivity contribution in [3.05, 3.63) is 33.8 Å². The minimum Gasteiger partial charge on any atom is -0.294 e. The van der Waals surface area contributed by atoms with Gasteiger partial charge in [-0.1, -0.05) is 24.4 Å².